The van der Waals surface area contributed by atoms with Gasteiger partial charge >= 0.3 is 0 Å². The van der Waals surface area contributed by atoms with E-state index in [0.717, 1.165) is 49.8 Å². The Balaban J connectivity index is 1.48. The number of hydrogen-bond acceptors (Lipinski definition) is 5. The van der Waals surface area contributed by atoms with Gasteiger partial charge in [0.25, 0.3) is 0 Å². The molecule has 2 heterocycles. The van der Waals surface area contributed by atoms with Crippen molar-refractivity contribution >= 4 is 16.6 Å². The maximum atomic E-state index is 9.55. The molecule has 0 amide bonds. The highest BCUT2D eigenvalue weighted by atomic mass is 15.3. The molecule has 4 rings (SSSR count). The lowest BCUT2D eigenvalue weighted by atomic mass is 10.0. The van der Waals surface area contributed by atoms with E-state index in [1.54, 1.807) is 0 Å². The summed E-state index contributed by atoms with van der Waals surface area (Å²) in [5.74, 6) is 0.727. The first-order valence-corrected chi connectivity index (χ1v) is 9.35. The molecule has 0 N–H and O–H groups in total. The number of fused-ring (bicyclic) bond motifs is 1. The van der Waals surface area contributed by atoms with Crippen LogP contribution < -0.4 is 4.90 Å². The van der Waals surface area contributed by atoms with Crippen molar-refractivity contribution in [1.29, 1.82) is 5.26 Å². The van der Waals surface area contributed by atoms with Crippen molar-refractivity contribution in [3.8, 4) is 6.07 Å². The normalized spacial score (nSPS) is 15.1. The number of anilines is 1. The summed E-state index contributed by atoms with van der Waals surface area (Å²) in [6.45, 7) is 8.40. The van der Waals surface area contributed by atoms with Gasteiger partial charge in [-0.2, -0.15) is 10.4 Å². The highest BCUT2D eigenvalue weighted by molar-refractivity contribution is 5.85. The zero-order valence-corrected chi connectivity index (χ0v) is 15.8. The lowest BCUT2D eigenvalue weighted by Gasteiger charge is -2.35. The molecule has 1 aliphatic rings. The molecule has 1 fully saturated rings. The van der Waals surface area contributed by atoms with Gasteiger partial charge in [-0.25, -0.2) is 0 Å². The largest absolute Gasteiger partial charge is 0.351 e. The van der Waals surface area contributed by atoms with Crippen molar-refractivity contribution in [2.45, 2.75) is 20.4 Å². The van der Waals surface area contributed by atoms with Gasteiger partial charge in [0.05, 0.1) is 5.69 Å². The van der Waals surface area contributed by atoms with Crippen molar-refractivity contribution < 1.29 is 0 Å². The monoisotopic (exact) mass is 357 g/mol. The smallest absolute Gasteiger partial charge is 0.169 e. The number of hydrogen-bond donors (Lipinski definition) is 0. The molecule has 0 unspecified atom stereocenters. The second kappa shape index (κ2) is 7.34. The Labute approximate surface area is 159 Å². The van der Waals surface area contributed by atoms with Crippen LogP contribution in [0.5, 0.6) is 0 Å². The van der Waals surface area contributed by atoms with E-state index in [4.69, 9.17) is 0 Å². The standard InChI is InChI=1S/C22H23N5/c1-16-17(2)24-25-22(21(16)14-23)27-12-10-26(11-13-27)15-19-8-5-7-18-6-3-4-9-20(18)19/h3-9H,10-13,15H2,1-2H3. The number of piperazine rings is 1. The van der Waals surface area contributed by atoms with Gasteiger partial charge in [0.1, 0.15) is 11.6 Å². The first-order valence-electron chi connectivity index (χ1n) is 9.35. The number of rotatable bonds is 3. The van der Waals surface area contributed by atoms with E-state index < -0.39 is 0 Å². The summed E-state index contributed by atoms with van der Waals surface area (Å²) in [4.78, 5) is 4.66. The van der Waals surface area contributed by atoms with Crippen LogP contribution in [-0.4, -0.2) is 41.3 Å². The van der Waals surface area contributed by atoms with Crippen LogP contribution in [0.4, 0.5) is 5.82 Å². The van der Waals surface area contributed by atoms with Crippen LogP contribution in [0.15, 0.2) is 42.5 Å². The van der Waals surface area contributed by atoms with Crippen molar-refractivity contribution in [3.05, 3.63) is 64.8 Å². The summed E-state index contributed by atoms with van der Waals surface area (Å²) in [6, 6.07) is 17.4. The van der Waals surface area contributed by atoms with Crippen LogP contribution in [0, 0.1) is 25.2 Å². The molecule has 0 bridgehead atoms. The molecule has 27 heavy (non-hydrogen) atoms. The molecule has 1 saturated heterocycles. The first-order chi connectivity index (χ1) is 13.2. The summed E-state index contributed by atoms with van der Waals surface area (Å²) in [5, 5.41) is 20.7. The van der Waals surface area contributed by atoms with Gasteiger partial charge in [0, 0.05) is 32.7 Å². The summed E-state index contributed by atoms with van der Waals surface area (Å²) in [5.41, 5.74) is 3.78. The average Bonchev–Trinajstić information content (AvgIpc) is 2.71. The summed E-state index contributed by atoms with van der Waals surface area (Å²) in [7, 11) is 0. The Morgan fingerprint density at radius 2 is 1.70 bits per heavy atom. The van der Waals surface area contributed by atoms with Crippen molar-refractivity contribution in [1.82, 2.24) is 15.1 Å². The Kier molecular flexibility index (Phi) is 4.74. The van der Waals surface area contributed by atoms with E-state index in [9.17, 15) is 5.26 Å². The maximum Gasteiger partial charge on any atom is 0.169 e. The molecule has 0 atom stereocenters. The van der Waals surface area contributed by atoms with Gasteiger partial charge in [-0.3, -0.25) is 4.90 Å². The average molecular weight is 357 g/mol. The number of nitrogens with zero attached hydrogens (tertiary/aromatic N) is 5. The molecule has 2 aromatic carbocycles. The number of nitriles is 1. The van der Waals surface area contributed by atoms with Crippen molar-refractivity contribution in [2.24, 2.45) is 0 Å². The molecule has 3 aromatic rings. The molecule has 0 aliphatic carbocycles. The van der Waals surface area contributed by atoms with Gasteiger partial charge in [-0.05, 0) is 35.7 Å². The lowest BCUT2D eigenvalue weighted by Crippen LogP contribution is -2.46. The van der Waals surface area contributed by atoms with E-state index in [0.29, 0.717) is 5.56 Å². The summed E-state index contributed by atoms with van der Waals surface area (Å²) < 4.78 is 0. The van der Waals surface area contributed by atoms with Crippen LogP contribution in [0.25, 0.3) is 10.8 Å². The van der Waals surface area contributed by atoms with Crippen molar-refractivity contribution in [3.63, 3.8) is 0 Å². The molecular weight excluding hydrogens is 334 g/mol. The molecule has 5 heteroatoms. The van der Waals surface area contributed by atoms with Crippen LogP contribution >= 0.6 is 0 Å². The Morgan fingerprint density at radius 3 is 2.48 bits per heavy atom. The molecular formula is C22H23N5. The minimum Gasteiger partial charge on any atom is -0.351 e. The van der Waals surface area contributed by atoms with E-state index >= 15 is 0 Å². The molecule has 0 saturated carbocycles. The predicted molar refractivity (Wildman–Crippen MR) is 108 cm³/mol. The van der Waals surface area contributed by atoms with E-state index in [1.165, 1.54) is 16.3 Å². The highest BCUT2D eigenvalue weighted by Crippen LogP contribution is 2.24. The second-order valence-corrected chi connectivity index (χ2v) is 7.12. The fourth-order valence-corrected chi connectivity index (χ4v) is 3.74. The SMILES string of the molecule is Cc1nnc(N2CCN(Cc3cccc4ccccc34)CC2)c(C#N)c1C. The highest BCUT2D eigenvalue weighted by Gasteiger charge is 2.22. The fraction of sp³-hybridized carbons (Fsp3) is 0.318. The van der Waals surface area contributed by atoms with E-state index in [1.807, 2.05) is 13.8 Å². The minimum absolute atomic E-state index is 0.657. The van der Waals surface area contributed by atoms with Crippen molar-refractivity contribution in [2.75, 3.05) is 31.1 Å². The van der Waals surface area contributed by atoms with Gasteiger partial charge in [-0.1, -0.05) is 42.5 Å². The van der Waals surface area contributed by atoms with Crippen LogP contribution in [0.3, 0.4) is 0 Å². The number of aryl methyl sites for hydroxylation is 1. The first kappa shape index (κ1) is 17.4. The van der Waals surface area contributed by atoms with Gasteiger partial charge < -0.3 is 4.90 Å². The van der Waals surface area contributed by atoms with Gasteiger partial charge in [-0.15, -0.1) is 5.10 Å². The molecule has 1 aliphatic heterocycles. The second-order valence-electron chi connectivity index (χ2n) is 7.12. The zero-order chi connectivity index (χ0) is 18.8. The van der Waals surface area contributed by atoms with Crippen LogP contribution in [0.1, 0.15) is 22.4 Å². The Hall–Kier alpha value is -2.97. The van der Waals surface area contributed by atoms with E-state index in [-0.39, 0.29) is 0 Å². The molecule has 5 nitrogen and oxygen atoms in total. The summed E-state index contributed by atoms with van der Waals surface area (Å²) in [6.07, 6.45) is 0. The Bertz CT molecular complexity index is 1010. The zero-order valence-electron chi connectivity index (χ0n) is 15.8. The third kappa shape index (κ3) is 3.36. The number of benzene rings is 2. The Morgan fingerprint density at radius 1 is 0.963 bits per heavy atom. The van der Waals surface area contributed by atoms with Crippen LogP contribution in [-0.2, 0) is 6.54 Å². The molecule has 0 radical (unpaired) electrons. The maximum absolute atomic E-state index is 9.55. The van der Waals surface area contributed by atoms with Gasteiger partial charge in [0.2, 0.25) is 0 Å². The number of aromatic nitrogens is 2. The molecule has 0 spiro atoms. The molecule has 136 valence electrons. The third-order valence-electron chi connectivity index (χ3n) is 5.49. The van der Waals surface area contributed by atoms with Crippen LogP contribution in [0.2, 0.25) is 0 Å². The van der Waals surface area contributed by atoms with E-state index in [2.05, 4.69) is 68.5 Å². The molecule has 1 aromatic heterocycles. The topological polar surface area (TPSA) is 56.1 Å². The minimum atomic E-state index is 0.657. The third-order valence-corrected chi connectivity index (χ3v) is 5.49. The quantitative estimate of drug-likeness (QED) is 0.719. The van der Waals surface area contributed by atoms with Gasteiger partial charge in [0.15, 0.2) is 5.82 Å². The lowest BCUT2D eigenvalue weighted by molar-refractivity contribution is 0.250. The summed E-state index contributed by atoms with van der Waals surface area (Å²) >= 11 is 0. The predicted octanol–water partition coefficient (Wildman–Crippen LogP) is 3.44. The fourth-order valence-electron chi connectivity index (χ4n) is 3.74.